The summed E-state index contributed by atoms with van der Waals surface area (Å²) in [6, 6.07) is 10.1. The quantitative estimate of drug-likeness (QED) is 0.601. The summed E-state index contributed by atoms with van der Waals surface area (Å²) in [5.41, 5.74) is 1.68. The van der Waals surface area contributed by atoms with Crippen molar-refractivity contribution in [3.63, 3.8) is 0 Å². The lowest BCUT2D eigenvalue weighted by molar-refractivity contribution is 0.103. The van der Waals surface area contributed by atoms with Crippen molar-refractivity contribution in [2.24, 2.45) is 0 Å². The fourth-order valence-electron chi connectivity index (χ4n) is 2.27. The van der Waals surface area contributed by atoms with Crippen LogP contribution in [-0.2, 0) is 6.54 Å². The van der Waals surface area contributed by atoms with Gasteiger partial charge in [-0.2, -0.15) is 0 Å². The number of halogens is 3. The second kappa shape index (κ2) is 6.75. The molecule has 3 aromatic rings. The van der Waals surface area contributed by atoms with Crippen LogP contribution in [-0.4, -0.2) is 15.3 Å². The zero-order valence-electron chi connectivity index (χ0n) is 11.8. The van der Waals surface area contributed by atoms with Gasteiger partial charge in [0.1, 0.15) is 0 Å². The van der Waals surface area contributed by atoms with Gasteiger partial charge in [0.05, 0.1) is 21.9 Å². The molecule has 3 rings (SSSR count). The minimum Gasteiger partial charge on any atom is -0.333 e. The lowest BCUT2D eigenvalue weighted by atomic mass is 10.0. The number of ketones is 1. The monoisotopic (exact) mass is 364 g/mol. The Kier molecular flexibility index (Phi) is 4.71. The zero-order chi connectivity index (χ0) is 16.4. The number of imidazole rings is 1. The van der Waals surface area contributed by atoms with E-state index in [0.29, 0.717) is 32.7 Å². The molecule has 6 heteroatoms. The molecule has 0 radical (unpaired) electrons. The molecule has 3 nitrogen and oxygen atoms in total. The molecule has 0 saturated heterocycles. The second-order valence-electron chi connectivity index (χ2n) is 5.01. The van der Waals surface area contributed by atoms with Crippen LogP contribution in [0.15, 0.2) is 55.1 Å². The molecule has 23 heavy (non-hydrogen) atoms. The second-order valence-corrected chi connectivity index (χ2v) is 6.26. The Morgan fingerprint density at radius 3 is 2.26 bits per heavy atom. The molecule has 0 fully saturated rings. The Hall–Kier alpha value is -1.81. The van der Waals surface area contributed by atoms with E-state index < -0.39 is 0 Å². The van der Waals surface area contributed by atoms with Crippen molar-refractivity contribution in [1.29, 1.82) is 0 Å². The van der Waals surface area contributed by atoms with E-state index >= 15 is 0 Å². The number of hydrogen-bond acceptors (Lipinski definition) is 2. The van der Waals surface area contributed by atoms with Crippen molar-refractivity contribution < 1.29 is 4.79 Å². The van der Waals surface area contributed by atoms with Crippen LogP contribution in [0.1, 0.15) is 21.5 Å². The lowest BCUT2D eigenvalue weighted by Crippen LogP contribution is -2.05. The number of aromatic nitrogens is 2. The van der Waals surface area contributed by atoms with Gasteiger partial charge in [-0.25, -0.2) is 4.98 Å². The van der Waals surface area contributed by atoms with Gasteiger partial charge in [-0.15, -0.1) is 0 Å². The Morgan fingerprint density at radius 2 is 1.70 bits per heavy atom. The summed E-state index contributed by atoms with van der Waals surface area (Å²) < 4.78 is 1.89. The van der Waals surface area contributed by atoms with Crippen molar-refractivity contribution in [3.05, 3.63) is 86.9 Å². The van der Waals surface area contributed by atoms with Gasteiger partial charge in [-0.05, 0) is 42.0 Å². The Balaban J connectivity index is 1.93. The molecule has 116 valence electrons. The lowest BCUT2D eigenvalue weighted by Gasteiger charge is -2.10. The SMILES string of the molecule is O=C(c1ccc(Cl)cc1)c1c(Cl)cc(Cn2ccnc2)cc1Cl. The highest BCUT2D eigenvalue weighted by molar-refractivity contribution is 6.41. The number of rotatable bonds is 4. The molecule has 0 aliphatic rings. The summed E-state index contributed by atoms with van der Waals surface area (Å²) in [4.78, 5) is 16.6. The first-order valence-corrected chi connectivity index (χ1v) is 7.92. The Bertz CT molecular complexity index is 820. The van der Waals surface area contributed by atoms with Gasteiger partial charge in [0.2, 0.25) is 0 Å². The largest absolute Gasteiger partial charge is 0.333 e. The molecule has 0 N–H and O–H groups in total. The highest BCUT2D eigenvalue weighted by atomic mass is 35.5. The number of carbonyl (C=O) groups is 1. The minimum atomic E-state index is -0.231. The van der Waals surface area contributed by atoms with Crippen molar-refractivity contribution >= 4 is 40.6 Å². The van der Waals surface area contributed by atoms with Crippen molar-refractivity contribution in [3.8, 4) is 0 Å². The molecule has 0 spiro atoms. The third-order valence-corrected chi connectivity index (χ3v) is 4.21. The van der Waals surface area contributed by atoms with Crippen molar-refractivity contribution in [2.45, 2.75) is 6.54 Å². The van der Waals surface area contributed by atoms with E-state index in [1.807, 2.05) is 10.8 Å². The molecule has 0 unspecified atom stereocenters. The van der Waals surface area contributed by atoms with E-state index in [-0.39, 0.29) is 5.78 Å². The van der Waals surface area contributed by atoms with E-state index in [9.17, 15) is 4.79 Å². The minimum absolute atomic E-state index is 0.231. The Morgan fingerprint density at radius 1 is 1.04 bits per heavy atom. The maximum Gasteiger partial charge on any atom is 0.196 e. The van der Waals surface area contributed by atoms with Gasteiger partial charge < -0.3 is 4.57 Å². The van der Waals surface area contributed by atoms with E-state index in [1.54, 1.807) is 48.9 Å². The van der Waals surface area contributed by atoms with E-state index in [1.165, 1.54) is 0 Å². The molecule has 0 amide bonds. The first-order chi connectivity index (χ1) is 11.0. The average Bonchev–Trinajstić information content (AvgIpc) is 3.00. The molecule has 0 saturated carbocycles. The van der Waals surface area contributed by atoms with Crippen LogP contribution in [0, 0.1) is 0 Å². The highest BCUT2D eigenvalue weighted by Crippen LogP contribution is 2.29. The third-order valence-electron chi connectivity index (χ3n) is 3.36. The summed E-state index contributed by atoms with van der Waals surface area (Å²) in [7, 11) is 0. The number of nitrogens with zero attached hydrogens (tertiary/aromatic N) is 2. The van der Waals surface area contributed by atoms with Gasteiger partial charge in [0.15, 0.2) is 5.78 Å². The molecule has 0 aliphatic carbocycles. The first-order valence-electron chi connectivity index (χ1n) is 6.78. The number of benzene rings is 2. The van der Waals surface area contributed by atoms with Crippen LogP contribution < -0.4 is 0 Å². The van der Waals surface area contributed by atoms with Crippen LogP contribution in [0.4, 0.5) is 0 Å². The van der Waals surface area contributed by atoms with Crippen LogP contribution in [0.3, 0.4) is 0 Å². The maximum atomic E-state index is 12.6. The average molecular weight is 366 g/mol. The molecule has 1 heterocycles. The van der Waals surface area contributed by atoms with Gasteiger partial charge in [-0.1, -0.05) is 34.8 Å². The van der Waals surface area contributed by atoms with E-state index in [2.05, 4.69) is 4.98 Å². The molecule has 1 aromatic heterocycles. The van der Waals surface area contributed by atoms with Crippen LogP contribution in [0.25, 0.3) is 0 Å². The van der Waals surface area contributed by atoms with Crippen LogP contribution in [0.5, 0.6) is 0 Å². The summed E-state index contributed by atoms with van der Waals surface area (Å²) in [6.45, 7) is 0.578. The predicted molar refractivity (Wildman–Crippen MR) is 92.7 cm³/mol. The molecule has 2 aromatic carbocycles. The molecular weight excluding hydrogens is 355 g/mol. The van der Waals surface area contributed by atoms with Gasteiger partial charge in [-0.3, -0.25) is 4.79 Å². The molecule has 0 bridgehead atoms. The normalized spacial score (nSPS) is 10.7. The smallest absolute Gasteiger partial charge is 0.196 e. The Labute approximate surface area is 148 Å². The third kappa shape index (κ3) is 3.58. The fourth-order valence-corrected chi connectivity index (χ4v) is 3.10. The number of hydrogen-bond donors (Lipinski definition) is 0. The van der Waals surface area contributed by atoms with E-state index in [0.717, 1.165) is 5.56 Å². The topological polar surface area (TPSA) is 34.9 Å². The molecular formula is C17H11Cl3N2O. The van der Waals surface area contributed by atoms with Crippen molar-refractivity contribution in [2.75, 3.05) is 0 Å². The summed E-state index contributed by atoms with van der Waals surface area (Å²) in [6.07, 6.45) is 5.24. The first kappa shape index (κ1) is 16.1. The fraction of sp³-hybridized carbons (Fsp3) is 0.0588. The number of carbonyl (C=O) groups excluding carboxylic acids is 1. The predicted octanol–water partition coefficient (Wildman–Crippen LogP) is 5.12. The molecule has 0 aliphatic heterocycles. The summed E-state index contributed by atoms with van der Waals surface area (Å²) in [5.74, 6) is -0.231. The van der Waals surface area contributed by atoms with Gasteiger partial charge in [0, 0.05) is 29.5 Å². The standard InChI is InChI=1S/C17H11Cl3N2O/c18-13-3-1-12(2-4-13)17(23)16-14(19)7-11(8-15(16)20)9-22-6-5-21-10-22/h1-8,10H,9H2. The zero-order valence-corrected chi connectivity index (χ0v) is 14.1. The maximum absolute atomic E-state index is 12.6. The van der Waals surface area contributed by atoms with E-state index in [4.69, 9.17) is 34.8 Å². The van der Waals surface area contributed by atoms with Crippen molar-refractivity contribution in [1.82, 2.24) is 9.55 Å². The summed E-state index contributed by atoms with van der Waals surface area (Å²) >= 11 is 18.4. The van der Waals surface area contributed by atoms with Crippen LogP contribution >= 0.6 is 34.8 Å². The van der Waals surface area contributed by atoms with Gasteiger partial charge in [0.25, 0.3) is 0 Å². The highest BCUT2D eigenvalue weighted by Gasteiger charge is 2.18. The van der Waals surface area contributed by atoms with Gasteiger partial charge >= 0.3 is 0 Å². The summed E-state index contributed by atoms with van der Waals surface area (Å²) in [5, 5.41) is 1.22. The van der Waals surface area contributed by atoms with Crippen LogP contribution in [0.2, 0.25) is 15.1 Å². The molecule has 0 atom stereocenters.